The van der Waals surface area contributed by atoms with Gasteiger partial charge in [-0.15, -0.1) is 11.3 Å². The van der Waals surface area contributed by atoms with Gasteiger partial charge >= 0.3 is 0 Å². The van der Waals surface area contributed by atoms with Gasteiger partial charge in [0.15, 0.2) is 5.65 Å². The smallest absolute Gasteiger partial charge is 0.262 e. The van der Waals surface area contributed by atoms with E-state index >= 15 is 0 Å². The minimum absolute atomic E-state index is 0.0259. The summed E-state index contributed by atoms with van der Waals surface area (Å²) >= 11 is 1.62. The Kier molecular flexibility index (Phi) is 9.23. The van der Waals surface area contributed by atoms with E-state index in [-0.39, 0.29) is 29.8 Å². The summed E-state index contributed by atoms with van der Waals surface area (Å²) in [4.78, 5) is 46.6. The second-order valence-electron chi connectivity index (χ2n) is 13.8. The van der Waals surface area contributed by atoms with E-state index in [9.17, 15) is 14.7 Å². The van der Waals surface area contributed by atoms with Crippen molar-refractivity contribution in [2.75, 3.05) is 26.2 Å². The molecule has 0 bridgehead atoms. The number of aromatic nitrogens is 5. The molecule has 6 heterocycles. The Morgan fingerprint density at radius 1 is 0.942 bits per heavy atom. The normalized spacial score (nSPS) is 19.0. The number of fused-ring (bicyclic) bond motifs is 1. The molecule has 8 rings (SSSR count). The number of thiazole rings is 1. The number of carbonyl (C=O) groups is 1. The first-order valence-electron chi connectivity index (χ1n) is 17.6. The summed E-state index contributed by atoms with van der Waals surface area (Å²) in [6, 6.07) is 27.5. The lowest BCUT2D eigenvalue weighted by Gasteiger charge is -2.43. The standard InChI is InChI=1S/C40H38N8O3S/c41-21-30-12-11-29(22-42-30)37-43-23-32(52-37)24-45-17-13-33(35(25-45)28-7-3-1-4-8-28)38(49)46-19-15-40(51,16-20-46)26-47-27-44-36-34(39(47)50)14-18-48(36)31-9-5-2-6-10-31/h1-12,14,18,22-23,27,33,35,51H,13,15-17,19-20,24-26H2/t33-,35+/m1/s1. The van der Waals surface area contributed by atoms with Crippen LogP contribution in [0.15, 0.2) is 109 Å². The van der Waals surface area contributed by atoms with Crippen LogP contribution in [0.5, 0.6) is 0 Å². The van der Waals surface area contributed by atoms with Crippen LogP contribution in [0.25, 0.3) is 27.3 Å². The molecule has 0 saturated carbocycles. The molecule has 12 heteroatoms. The zero-order valence-electron chi connectivity index (χ0n) is 28.6. The first-order chi connectivity index (χ1) is 25.4. The number of amides is 1. The van der Waals surface area contributed by atoms with Crippen LogP contribution in [-0.2, 0) is 17.9 Å². The zero-order chi connectivity index (χ0) is 35.7. The molecule has 0 radical (unpaired) electrons. The number of rotatable bonds is 8. The zero-order valence-corrected chi connectivity index (χ0v) is 29.4. The molecular weight excluding hydrogens is 673 g/mol. The molecule has 2 fully saturated rings. The van der Waals surface area contributed by atoms with Gasteiger partial charge in [0.2, 0.25) is 5.91 Å². The van der Waals surface area contributed by atoms with Crippen LogP contribution in [0.4, 0.5) is 0 Å². The van der Waals surface area contributed by atoms with Crippen molar-refractivity contribution < 1.29 is 9.90 Å². The Bertz CT molecular complexity index is 2290. The predicted molar refractivity (Wildman–Crippen MR) is 199 cm³/mol. The highest BCUT2D eigenvalue weighted by Gasteiger charge is 2.41. The summed E-state index contributed by atoms with van der Waals surface area (Å²) in [5.74, 6) is -0.0149. The lowest BCUT2D eigenvalue weighted by atomic mass is 9.79. The molecule has 0 aliphatic carbocycles. The molecule has 262 valence electrons. The maximum absolute atomic E-state index is 14.2. The third-order valence-electron chi connectivity index (χ3n) is 10.5. The molecule has 4 aromatic heterocycles. The summed E-state index contributed by atoms with van der Waals surface area (Å²) in [7, 11) is 0. The van der Waals surface area contributed by atoms with Crippen LogP contribution < -0.4 is 5.56 Å². The van der Waals surface area contributed by atoms with Crippen LogP contribution in [0.2, 0.25) is 0 Å². The van der Waals surface area contributed by atoms with Crippen LogP contribution in [-0.4, -0.2) is 76.7 Å². The van der Waals surface area contributed by atoms with Gasteiger partial charge in [-0.3, -0.25) is 19.1 Å². The van der Waals surface area contributed by atoms with E-state index in [4.69, 9.17) is 5.26 Å². The number of nitriles is 1. The van der Waals surface area contributed by atoms with Gasteiger partial charge in [-0.2, -0.15) is 5.26 Å². The summed E-state index contributed by atoms with van der Waals surface area (Å²) in [6.45, 7) is 3.25. The number of likely N-dealkylation sites (tertiary alicyclic amines) is 2. The number of hydrogen-bond acceptors (Lipinski definition) is 9. The second-order valence-corrected chi connectivity index (χ2v) is 14.9. The van der Waals surface area contributed by atoms with Gasteiger partial charge in [-0.25, -0.2) is 15.0 Å². The highest BCUT2D eigenvalue weighted by atomic mass is 32.1. The fourth-order valence-corrected chi connectivity index (χ4v) is 8.58. The number of pyridine rings is 1. The van der Waals surface area contributed by atoms with Crippen molar-refractivity contribution in [2.24, 2.45) is 5.92 Å². The fraction of sp³-hybridized carbons (Fsp3) is 0.300. The lowest BCUT2D eigenvalue weighted by Crippen LogP contribution is -2.53. The number of benzene rings is 2. The van der Waals surface area contributed by atoms with Crippen LogP contribution in [0, 0.1) is 17.2 Å². The average molecular weight is 711 g/mol. The predicted octanol–water partition coefficient (Wildman–Crippen LogP) is 5.24. The van der Waals surface area contributed by atoms with E-state index in [1.165, 1.54) is 10.9 Å². The average Bonchev–Trinajstić information content (AvgIpc) is 3.85. The molecule has 2 atom stereocenters. The van der Waals surface area contributed by atoms with Gasteiger partial charge in [0.05, 0.1) is 17.5 Å². The van der Waals surface area contributed by atoms with E-state index in [0.29, 0.717) is 42.7 Å². The van der Waals surface area contributed by atoms with E-state index in [1.54, 1.807) is 29.7 Å². The summed E-state index contributed by atoms with van der Waals surface area (Å²) in [5.41, 5.74) is 2.60. The number of nitrogens with zero attached hydrogens (tertiary/aromatic N) is 8. The lowest BCUT2D eigenvalue weighted by molar-refractivity contribution is -0.142. The van der Waals surface area contributed by atoms with Crippen LogP contribution in [0.1, 0.15) is 41.3 Å². The molecule has 11 nitrogen and oxygen atoms in total. The molecule has 2 saturated heterocycles. The first kappa shape index (κ1) is 33.7. The molecule has 2 aromatic carbocycles. The fourth-order valence-electron chi connectivity index (χ4n) is 7.63. The quantitative estimate of drug-likeness (QED) is 0.227. The van der Waals surface area contributed by atoms with E-state index in [0.717, 1.165) is 52.8 Å². The topological polar surface area (TPSA) is 133 Å². The van der Waals surface area contributed by atoms with Crippen molar-refractivity contribution in [1.82, 2.24) is 33.9 Å². The van der Waals surface area contributed by atoms with Gasteiger partial charge < -0.3 is 14.6 Å². The maximum Gasteiger partial charge on any atom is 0.262 e. The highest BCUT2D eigenvalue weighted by Crippen LogP contribution is 2.37. The molecule has 0 unspecified atom stereocenters. The van der Waals surface area contributed by atoms with Crippen molar-refractivity contribution in [3.63, 3.8) is 0 Å². The van der Waals surface area contributed by atoms with Gasteiger partial charge in [0, 0.05) is 72.7 Å². The summed E-state index contributed by atoms with van der Waals surface area (Å²) < 4.78 is 3.39. The van der Waals surface area contributed by atoms with Crippen molar-refractivity contribution in [3.05, 3.63) is 130 Å². The molecule has 1 N–H and O–H groups in total. The van der Waals surface area contributed by atoms with Crippen molar-refractivity contribution in [3.8, 4) is 22.3 Å². The molecule has 2 aliphatic rings. The largest absolute Gasteiger partial charge is 0.388 e. The molecule has 52 heavy (non-hydrogen) atoms. The highest BCUT2D eigenvalue weighted by molar-refractivity contribution is 7.15. The van der Waals surface area contributed by atoms with Crippen LogP contribution >= 0.6 is 11.3 Å². The molecule has 0 spiro atoms. The second kappa shape index (κ2) is 14.3. The number of para-hydroxylation sites is 1. The van der Waals surface area contributed by atoms with Crippen molar-refractivity contribution >= 4 is 28.3 Å². The first-order valence-corrected chi connectivity index (χ1v) is 18.4. The molecule has 6 aromatic rings. The Balaban J connectivity index is 0.926. The Hall–Kier alpha value is -5.48. The minimum Gasteiger partial charge on any atom is -0.388 e. The molecule has 1 amide bonds. The van der Waals surface area contributed by atoms with Gasteiger partial charge in [0.25, 0.3) is 5.56 Å². The Labute approximate surface area is 305 Å². The van der Waals surface area contributed by atoms with Gasteiger partial charge in [-0.1, -0.05) is 48.5 Å². The third kappa shape index (κ3) is 6.78. The number of piperidine rings is 2. The maximum atomic E-state index is 14.2. The van der Waals surface area contributed by atoms with E-state index < -0.39 is 5.60 Å². The van der Waals surface area contributed by atoms with E-state index in [2.05, 4.69) is 38.1 Å². The van der Waals surface area contributed by atoms with E-state index in [1.807, 2.05) is 76.5 Å². The molecular formula is C40H38N8O3S. The van der Waals surface area contributed by atoms with Gasteiger partial charge in [-0.05, 0) is 61.7 Å². The SMILES string of the molecule is N#Cc1ccc(-c2ncc(CN3CC[C@@H](C(=O)N4CCC(O)(Cn5cnc6c(ccn6-c6ccccc6)c5=O)CC4)[C@H](c4ccccc4)C3)s2)cn1. The van der Waals surface area contributed by atoms with Crippen molar-refractivity contribution in [2.45, 2.75) is 43.9 Å². The molecule has 2 aliphatic heterocycles. The monoisotopic (exact) mass is 710 g/mol. The number of hydrogen-bond donors (Lipinski definition) is 1. The number of carbonyl (C=O) groups excluding carboxylic acids is 1. The third-order valence-corrected chi connectivity index (χ3v) is 11.5. The minimum atomic E-state index is -1.12. The Morgan fingerprint density at radius 2 is 1.71 bits per heavy atom. The van der Waals surface area contributed by atoms with Gasteiger partial charge in [0.1, 0.15) is 23.1 Å². The Morgan fingerprint density at radius 3 is 2.44 bits per heavy atom. The van der Waals surface area contributed by atoms with Crippen molar-refractivity contribution in [1.29, 1.82) is 5.26 Å². The van der Waals surface area contributed by atoms with Crippen LogP contribution in [0.3, 0.4) is 0 Å². The summed E-state index contributed by atoms with van der Waals surface area (Å²) in [5, 5.41) is 22.1. The summed E-state index contributed by atoms with van der Waals surface area (Å²) in [6.07, 6.45) is 8.45. The number of aliphatic hydroxyl groups is 1.